The molecule has 0 aromatic heterocycles. The van der Waals surface area contributed by atoms with E-state index in [4.69, 9.17) is 4.74 Å². The van der Waals surface area contributed by atoms with E-state index in [1.54, 1.807) is 0 Å². The Bertz CT molecular complexity index is 589. The molecule has 0 aliphatic carbocycles. The van der Waals surface area contributed by atoms with Crippen molar-refractivity contribution in [1.82, 2.24) is 5.06 Å². The maximum Gasteiger partial charge on any atom is 0.335 e. The number of benzene rings is 1. The quantitative estimate of drug-likeness (QED) is 0.587. The van der Waals surface area contributed by atoms with Crippen molar-refractivity contribution in [2.45, 2.75) is 25.9 Å². The number of imide groups is 1. The van der Waals surface area contributed by atoms with Crippen molar-refractivity contribution >= 4 is 17.8 Å². The summed E-state index contributed by atoms with van der Waals surface area (Å²) in [5.41, 5.74) is 0.152. The van der Waals surface area contributed by atoms with Gasteiger partial charge < -0.3 is 9.57 Å². The summed E-state index contributed by atoms with van der Waals surface area (Å²) in [5.74, 6) is -3.36. The average molecular weight is 313 g/mol. The summed E-state index contributed by atoms with van der Waals surface area (Å²) in [6.07, 6.45) is -0.168. The number of ether oxygens (including phenoxy) is 1. The molecule has 6 nitrogen and oxygen atoms in total. The van der Waals surface area contributed by atoms with Crippen LogP contribution in [0.2, 0.25) is 0 Å². The molecule has 1 saturated heterocycles. The first-order valence-electron chi connectivity index (χ1n) is 6.55. The van der Waals surface area contributed by atoms with Crippen molar-refractivity contribution in [2.75, 3.05) is 6.61 Å². The van der Waals surface area contributed by atoms with Crippen LogP contribution in [0.4, 0.5) is 8.78 Å². The van der Waals surface area contributed by atoms with Crippen LogP contribution in [0.3, 0.4) is 0 Å². The summed E-state index contributed by atoms with van der Waals surface area (Å²) in [4.78, 5) is 38.5. The molecule has 2 amide bonds. The number of hydroxylamine groups is 2. The van der Waals surface area contributed by atoms with Gasteiger partial charge in [0.05, 0.1) is 19.6 Å². The highest BCUT2D eigenvalue weighted by atomic mass is 19.1. The molecular weight excluding hydrogens is 300 g/mol. The van der Waals surface area contributed by atoms with Crippen molar-refractivity contribution in [3.05, 3.63) is 35.4 Å². The second kappa shape index (κ2) is 7.08. The van der Waals surface area contributed by atoms with Gasteiger partial charge in [-0.15, -0.1) is 5.06 Å². The van der Waals surface area contributed by atoms with Gasteiger partial charge in [-0.05, 0) is 6.07 Å². The maximum atomic E-state index is 13.3. The lowest BCUT2D eigenvalue weighted by Crippen LogP contribution is -2.32. The lowest BCUT2D eigenvalue weighted by molar-refractivity contribution is -0.198. The molecule has 1 aromatic carbocycles. The first kappa shape index (κ1) is 16.0. The predicted molar refractivity (Wildman–Crippen MR) is 67.8 cm³/mol. The summed E-state index contributed by atoms with van der Waals surface area (Å²) < 4.78 is 31.1. The predicted octanol–water partition coefficient (Wildman–Crippen LogP) is 1.48. The molecule has 0 atom stereocenters. The molecule has 0 spiro atoms. The van der Waals surface area contributed by atoms with Crippen molar-refractivity contribution in [3.8, 4) is 0 Å². The third-order valence-electron chi connectivity index (χ3n) is 2.92. The smallest absolute Gasteiger partial charge is 0.335 e. The van der Waals surface area contributed by atoms with E-state index in [9.17, 15) is 23.2 Å². The van der Waals surface area contributed by atoms with E-state index in [1.165, 1.54) is 6.07 Å². The highest BCUT2D eigenvalue weighted by molar-refractivity contribution is 6.01. The zero-order valence-corrected chi connectivity index (χ0v) is 11.5. The summed E-state index contributed by atoms with van der Waals surface area (Å²) in [7, 11) is 0. The fourth-order valence-corrected chi connectivity index (χ4v) is 1.78. The Balaban J connectivity index is 1.71. The lowest BCUT2D eigenvalue weighted by Gasteiger charge is -2.12. The molecule has 1 aliphatic rings. The Kier molecular flexibility index (Phi) is 5.16. The summed E-state index contributed by atoms with van der Waals surface area (Å²) in [6.45, 7) is -0.229. The molecule has 0 radical (unpaired) electrons. The molecule has 0 bridgehead atoms. The fourth-order valence-electron chi connectivity index (χ4n) is 1.78. The van der Waals surface area contributed by atoms with Gasteiger partial charge in [-0.2, -0.15) is 0 Å². The van der Waals surface area contributed by atoms with Crippen molar-refractivity contribution in [2.24, 2.45) is 0 Å². The Hall–Kier alpha value is -2.35. The van der Waals surface area contributed by atoms with E-state index in [0.29, 0.717) is 5.06 Å². The topological polar surface area (TPSA) is 72.9 Å². The molecule has 2 rings (SSSR count). The lowest BCUT2D eigenvalue weighted by atomic mass is 10.2. The van der Waals surface area contributed by atoms with Crippen LogP contribution < -0.4 is 0 Å². The SMILES string of the molecule is O=C(CCOCc1ccc(F)cc1F)ON1C(=O)CCC1=O. The molecule has 0 N–H and O–H groups in total. The minimum absolute atomic E-state index is 0.0203. The van der Waals surface area contributed by atoms with Gasteiger partial charge >= 0.3 is 5.97 Å². The van der Waals surface area contributed by atoms with E-state index in [1.807, 2.05) is 0 Å². The largest absolute Gasteiger partial charge is 0.376 e. The number of nitrogens with zero attached hydrogens (tertiary/aromatic N) is 1. The molecule has 0 unspecified atom stereocenters. The van der Waals surface area contributed by atoms with Crippen LogP contribution >= 0.6 is 0 Å². The van der Waals surface area contributed by atoms with Crippen LogP contribution in [0.1, 0.15) is 24.8 Å². The zero-order chi connectivity index (χ0) is 16.1. The molecule has 118 valence electrons. The van der Waals surface area contributed by atoms with Gasteiger partial charge in [-0.3, -0.25) is 9.59 Å². The van der Waals surface area contributed by atoms with Crippen LogP contribution in [0.25, 0.3) is 0 Å². The number of hydrogen-bond donors (Lipinski definition) is 0. The monoisotopic (exact) mass is 313 g/mol. The molecule has 22 heavy (non-hydrogen) atoms. The third-order valence-corrected chi connectivity index (χ3v) is 2.92. The Morgan fingerprint density at radius 2 is 1.86 bits per heavy atom. The molecule has 1 fully saturated rings. The number of hydrogen-bond acceptors (Lipinski definition) is 5. The fraction of sp³-hybridized carbons (Fsp3) is 0.357. The summed E-state index contributed by atoms with van der Waals surface area (Å²) >= 11 is 0. The van der Waals surface area contributed by atoms with Gasteiger partial charge in [0.1, 0.15) is 11.6 Å². The second-order valence-electron chi connectivity index (χ2n) is 4.58. The van der Waals surface area contributed by atoms with Gasteiger partial charge in [-0.25, -0.2) is 13.6 Å². The van der Waals surface area contributed by atoms with Gasteiger partial charge in [0.25, 0.3) is 11.8 Å². The minimum Gasteiger partial charge on any atom is -0.376 e. The normalized spacial score (nSPS) is 14.5. The highest BCUT2D eigenvalue weighted by Gasteiger charge is 2.32. The van der Waals surface area contributed by atoms with Crippen LogP contribution in [0.15, 0.2) is 18.2 Å². The number of amides is 2. The van der Waals surface area contributed by atoms with E-state index in [0.717, 1.165) is 12.1 Å². The molecular formula is C14H13F2NO5. The molecule has 0 saturated carbocycles. The molecule has 1 heterocycles. The third kappa shape index (κ3) is 4.08. The van der Waals surface area contributed by atoms with Gasteiger partial charge in [0, 0.05) is 24.5 Å². The van der Waals surface area contributed by atoms with E-state index < -0.39 is 29.4 Å². The van der Waals surface area contributed by atoms with Crippen LogP contribution in [0, 0.1) is 11.6 Å². The number of rotatable bonds is 6. The summed E-state index contributed by atoms with van der Waals surface area (Å²) in [5, 5.41) is 0.446. The highest BCUT2D eigenvalue weighted by Crippen LogP contribution is 2.13. The number of carbonyl (C=O) groups is 3. The van der Waals surface area contributed by atoms with Crippen molar-refractivity contribution in [1.29, 1.82) is 0 Å². The first-order valence-corrected chi connectivity index (χ1v) is 6.55. The van der Waals surface area contributed by atoms with Crippen molar-refractivity contribution in [3.63, 3.8) is 0 Å². The second-order valence-corrected chi connectivity index (χ2v) is 4.58. The summed E-state index contributed by atoms with van der Waals surface area (Å²) in [6, 6.07) is 3.07. The van der Waals surface area contributed by atoms with Crippen molar-refractivity contribution < 1.29 is 32.7 Å². The van der Waals surface area contributed by atoms with Crippen LogP contribution in [-0.2, 0) is 30.6 Å². The minimum atomic E-state index is -0.803. The number of halogens is 2. The zero-order valence-electron chi connectivity index (χ0n) is 11.5. The van der Waals surface area contributed by atoms with E-state index >= 15 is 0 Å². The van der Waals surface area contributed by atoms with E-state index in [-0.39, 0.29) is 38.0 Å². The van der Waals surface area contributed by atoms with Crippen LogP contribution in [0.5, 0.6) is 0 Å². The van der Waals surface area contributed by atoms with Gasteiger partial charge in [0.2, 0.25) is 0 Å². The Labute approximate surface area is 124 Å². The van der Waals surface area contributed by atoms with Crippen LogP contribution in [-0.4, -0.2) is 29.5 Å². The average Bonchev–Trinajstić information content (AvgIpc) is 2.77. The Morgan fingerprint density at radius 3 is 2.50 bits per heavy atom. The van der Waals surface area contributed by atoms with E-state index in [2.05, 4.69) is 4.84 Å². The molecule has 8 heteroatoms. The first-order chi connectivity index (χ1) is 10.5. The number of carbonyl (C=O) groups excluding carboxylic acids is 3. The standard InChI is InChI=1S/C14H13F2NO5/c15-10-2-1-9(11(16)7-10)8-21-6-5-14(20)22-17-12(18)3-4-13(17)19/h1-2,7H,3-6,8H2. The maximum absolute atomic E-state index is 13.3. The molecule has 1 aromatic rings. The molecule has 1 aliphatic heterocycles. The van der Waals surface area contributed by atoms with Gasteiger partial charge in [-0.1, -0.05) is 6.07 Å². The Morgan fingerprint density at radius 1 is 1.18 bits per heavy atom. The van der Waals surface area contributed by atoms with Gasteiger partial charge in [0.15, 0.2) is 0 Å².